The van der Waals surface area contributed by atoms with E-state index in [1.54, 1.807) is 6.92 Å². The van der Waals surface area contributed by atoms with Crippen LogP contribution in [0.2, 0.25) is 0 Å². The third-order valence-corrected chi connectivity index (χ3v) is 4.01. The lowest BCUT2D eigenvalue weighted by Gasteiger charge is -2.19. The Morgan fingerprint density at radius 2 is 1.75 bits per heavy atom. The molecule has 0 aliphatic rings. The molecule has 128 valence electrons. The van der Waals surface area contributed by atoms with E-state index in [1.807, 2.05) is 38.1 Å². The molecule has 0 saturated heterocycles. The number of carbonyl (C=O) groups is 1. The van der Waals surface area contributed by atoms with Crippen molar-refractivity contribution in [2.75, 3.05) is 0 Å². The van der Waals surface area contributed by atoms with Crippen LogP contribution in [-0.2, 0) is 11.3 Å². The van der Waals surface area contributed by atoms with Crippen LogP contribution in [0, 0.1) is 13.8 Å². The standard InChI is InChI=1S/C21H27NO2/c1-14(2)19-10-9-16(4)12-20(19)24-17(5)21(23)22-13-18-8-6-7-15(3)11-18/h6-12,14,17H,13H2,1-5H3,(H,22,23)/t17-/m0/s1. The zero-order valence-corrected chi connectivity index (χ0v) is 15.2. The Hall–Kier alpha value is -2.29. The fraction of sp³-hybridized carbons (Fsp3) is 0.381. The number of hydrogen-bond donors (Lipinski definition) is 1. The van der Waals surface area contributed by atoms with Gasteiger partial charge in [0.1, 0.15) is 5.75 Å². The molecule has 0 unspecified atom stereocenters. The lowest BCUT2D eigenvalue weighted by molar-refractivity contribution is -0.127. The molecule has 1 atom stereocenters. The van der Waals surface area contributed by atoms with Gasteiger partial charge in [0.2, 0.25) is 0 Å². The van der Waals surface area contributed by atoms with Gasteiger partial charge in [-0.05, 0) is 49.4 Å². The Labute approximate surface area is 145 Å². The Kier molecular flexibility index (Phi) is 6.02. The molecule has 0 aliphatic carbocycles. The average Bonchev–Trinajstić information content (AvgIpc) is 2.52. The highest BCUT2D eigenvalue weighted by atomic mass is 16.5. The number of carbonyl (C=O) groups excluding carboxylic acids is 1. The van der Waals surface area contributed by atoms with Gasteiger partial charge in [0.15, 0.2) is 6.10 Å². The summed E-state index contributed by atoms with van der Waals surface area (Å²) in [4.78, 5) is 12.3. The monoisotopic (exact) mass is 325 g/mol. The molecule has 0 saturated carbocycles. The molecule has 0 aromatic heterocycles. The van der Waals surface area contributed by atoms with Crippen LogP contribution in [0.1, 0.15) is 48.9 Å². The first kappa shape index (κ1) is 18.1. The van der Waals surface area contributed by atoms with Crippen LogP contribution in [0.15, 0.2) is 42.5 Å². The second-order valence-electron chi connectivity index (χ2n) is 6.66. The van der Waals surface area contributed by atoms with Gasteiger partial charge < -0.3 is 10.1 Å². The zero-order chi connectivity index (χ0) is 17.7. The van der Waals surface area contributed by atoms with E-state index in [9.17, 15) is 4.79 Å². The summed E-state index contributed by atoms with van der Waals surface area (Å²) in [7, 11) is 0. The molecule has 0 heterocycles. The normalized spacial score (nSPS) is 12.1. The van der Waals surface area contributed by atoms with Crippen LogP contribution in [0.3, 0.4) is 0 Å². The van der Waals surface area contributed by atoms with E-state index in [-0.39, 0.29) is 5.91 Å². The first-order valence-electron chi connectivity index (χ1n) is 8.47. The lowest BCUT2D eigenvalue weighted by atomic mass is 10.0. The smallest absolute Gasteiger partial charge is 0.261 e. The van der Waals surface area contributed by atoms with Crippen molar-refractivity contribution >= 4 is 5.91 Å². The number of ether oxygens (including phenoxy) is 1. The molecular formula is C21H27NO2. The van der Waals surface area contributed by atoms with E-state index >= 15 is 0 Å². The molecule has 1 N–H and O–H groups in total. The molecule has 0 fully saturated rings. The van der Waals surface area contributed by atoms with E-state index in [0.717, 1.165) is 22.4 Å². The summed E-state index contributed by atoms with van der Waals surface area (Å²) in [6, 6.07) is 14.3. The highest BCUT2D eigenvalue weighted by Gasteiger charge is 2.17. The van der Waals surface area contributed by atoms with Gasteiger partial charge in [0, 0.05) is 6.54 Å². The maximum atomic E-state index is 12.3. The Balaban J connectivity index is 2.00. The van der Waals surface area contributed by atoms with Gasteiger partial charge in [-0.2, -0.15) is 0 Å². The van der Waals surface area contributed by atoms with Crippen molar-refractivity contribution in [1.29, 1.82) is 0 Å². The van der Waals surface area contributed by atoms with Crippen LogP contribution in [0.5, 0.6) is 5.75 Å². The maximum absolute atomic E-state index is 12.3. The number of hydrogen-bond acceptors (Lipinski definition) is 2. The van der Waals surface area contributed by atoms with Gasteiger partial charge in [0.25, 0.3) is 5.91 Å². The van der Waals surface area contributed by atoms with Crippen molar-refractivity contribution in [3.05, 3.63) is 64.7 Å². The van der Waals surface area contributed by atoms with Crippen molar-refractivity contribution in [2.24, 2.45) is 0 Å². The molecule has 0 bridgehead atoms. The number of benzene rings is 2. The average molecular weight is 325 g/mol. The second kappa shape index (κ2) is 8.00. The molecular weight excluding hydrogens is 298 g/mol. The van der Waals surface area contributed by atoms with Crippen molar-refractivity contribution < 1.29 is 9.53 Å². The fourth-order valence-corrected chi connectivity index (χ4v) is 2.62. The van der Waals surface area contributed by atoms with Gasteiger partial charge in [-0.15, -0.1) is 0 Å². The van der Waals surface area contributed by atoms with E-state index in [2.05, 4.69) is 37.4 Å². The Morgan fingerprint density at radius 3 is 2.42 bits per heavy atom. The Bertz CT molecular complexity index is 707. The summed E-state index contributed by atoms with van der Waals surface area (Å²) < 4.78 is 5.95. The van der Waals surface area contributed by atoms with Gasteiger partial charge >= 0.3 is 0 Å². The molecule has 0 aliphatic heterocycles. The van der Waals surface area contributed by atoms with Gasteiger partial charge in [-0.1, -0.05) is 55.8 Å². The predicted molar refractivity (Wildman–Crippen MR) is 98.4 cm³/mol. The van der Waals surface area contributed by atoms with E-state index in [0.29, 0.717) is 12.5 Å². The first-order chi connectivity index (χ1) is 11.4. The lowest BCUT2D eigenvalue weighted by Crippen LogP contribution is -2.36. The molecule has 0 radical (unpaired) electrons. The molecule has 24 heavy (non-hydrogen) atoms. The maximum Gasteiger partial charge on any atom is 0.261 e. The van der Waals surface area contributed by atoms with Crippen LogP contribution in [-0.4, -0.2) is 12.0 Å². The highest BCUT2D eigenvalue weighted by Crippen LogP contribution is 2.28. The first-order valence-corrected chi connectivity index (χ1v) is 8.47. The quantitative estimate of drug-likeness (QED) is 0.848. The third-order valence-electron chi connectivity index (χ3n) is 4.01. The molecule has 2 aromatic rings. The van der Waals surface area contributed by atoms with Gasteiger partial charge in [-0.3, -0.25) is 4.79 Å². The summed E-state index contributed by atoms with van der Waals surface area (Å²) in [6.45, 7) is 10.6. The van der Waals surface area contributed by atoms with E-state index < -0.39 is 6.10 Å². The summed E-state index contributed by atoms with van der Waals surface area (Å²) in [5.41, 5.74) is 4.53. The topological polar surface area (TPSA) is 38.3 Å². The summed E-state index contributed by atoms with van der Waals surface area (Å²) >= 11 is 0. The zero-order valence-electron chi connectivity index (χ0n) is 15.2. The molecule has 1 amide bonds. The van der Waals surface area contributed by atoms with Crippen molar-refractivity contribution in [3.8, 4) is 5.75 Å². The molecule has 3 nitrogen and oxygen atoms in total. The third kappa shape index (κ3) is 4.85. The van der Waals surface area contributed by atoms with Crippen LogP contribution >= 0.6 is 0 Å². The van der Waals surface area contributed by atoms with Crippen molar-refractivity contribution in [3.63, 3.8) is 0 Å². The molecule has 0 spiro atoms. The highest BCUT2D eigenvalue weighted by molar-refractivity contribution is 5.80. The molecule has 3 heteroatoms. The van der Waals surface area contributed by atoms with Gasteiger partial charge in [-0.25, -0.2) is 0 Å². The number of aryl methyl sites for hydroxylation is 2. The largest absolute Gasteiger partial charge is 0.481 e. The minimum absolute atomic E-state index is 0.104. The van der Waals surface area contributed by atoms with Gasteiger partial charge in [0.05, 0.1) is 0 Å². The van der Waals surface area contributed by atoms with Crippen LogP contribution < -0.4 is 10.1 Å². The minimum Gasteiger partial charge on any atom is -0.481 e. The minimum atomic E-state index is -0.533. The number of rotatable bonds is 6. The van der Waals surface area contributed by atoms with Crippen molar-refractivity contribution in [2.45, 2.75) is 53.2 Å². The molecule has 2 aromatic carbocycles. The van der Waals surface area contributed by atoms with Crippen LogP contribution in [0.4, 0.5) is 0 Å². The number of nitrogens with one attached hydrogen (secondary N) is 1. The predicted octanol–water partition coefficient (Wildman–Crippen LogP) is 4.51. The van der Waals surface area contributed by atoms with Crippen LogP contribution in [0.25, 0.3) is 0 Å². The van der Waals surface area contributed by atoms with E-state index in [4.69, 9.17) is 4.74 Å². The Morgan fingerprint density at radius 1 is 1.04 bits per heavy atom. The summed E-state index contributed by atoms with van der Waals surface area (Å²) in [5, 5.41) is 2.95. The fourth-order valence-electron chi connectivity index (χ4n) is 2.62. The SMILES string of the molecule is Cc1cccc(CNC(=O)[C@H](C)Oc2cc(C)ccc2C(C)C)c1. The molecule has 2 rings (SSSR count). The van der Waals surface area contributed by atoms with E-state index in [1.165, 1.54) is 5.56 Å². The number of amides is 1. The summed E-state index contributed by atoms with van der Waals surface area (Å²) in [5.74, 6) is 1.04. The second-order valence-corrected chi connectivity index (χ2v) is 6.66. The van der Waals surface area contributed by atoms with Crippen molar-refractivity contribution in [1.82, 2.24) is 5.32 Å². The summed E-state index contributed by atoms with van der Waals surface area (Å²) in [6.07, 6.45) is -0.533.